The van der Waals surface area contributed by atoms with Crippen molar-refractivity contribution in [3.63, 3.8) is 0 Å². The summed E-state index contributed by atoms with van der Waals surface area (Å²) in [6.45, 7) is 0.536. The summed E-state index contributed by atoms with van der Waals surface area (Å²) in [5.41, 5.74) is -2.46. The van der Waals surface area contributed by atoms with Crippen LogP contribution in [0.5, 0.6) is 5.75 Å². The third kappa shape index (κ3) is 4.80. The second kappa shape index (κ2) is 8.17. The van der Waals surface area contributed by atoms with Gasteiger partial charge in [0, 0.05) is 12.1 Å². The lowest BCUT2D eigenvalue weighted by Gasteiger charge is -2.28. The van der Waals surface area contributed by atoms with E-state index in [0.717, 1.165) is 19.9 Å². The molecule has 0 aliphatic carbocycles. The molecule has 1 aromatic carbocycles. The van der Waals surface area contributed by atoms with Gasteiger partial charge in [-0.3, -0.25) is 4.68 Å². The molecule has 1 aromatic heterocycles. The predicted molar refractivity (Wildman–Crippen MR) is 95.5 cm³/mol. The first-order chi connectivity index (χ1) is 13.3. The molecule has 0 spiro atoms. The van der Waals surface area contributed by atoms with Crippen LogP contribution in [0.2, 0.25) is 5.02 Å². The van der Waals surface area contributed by atoms with Crippen molar-refractivity contribution in [3.8, 4) is 17.0 Å². The van der Waals surface area contributed by atoms with E-state index >= 15 is 0 Å². The number of aryl methyl sites for hydroxylation is 1. The van der Waals surface area contributed by atoms with Crippen molar-refractivity contribution in [2.24, 2.45) is 5.41 Å². The first-order valence-corrected chi connectivity index (χ1v) is 8.80. The zero-order valence-electron chi connectivity index (χ0n) is 15.6. The Kier molecular flexibility index (Phi) is 6.46. The van der Waals surface area contributed by atoms with Gasteiger partial charge in [0.15, 0.2) is 5.69 Å². The number of carboxylic acids is 1. The number of ether oxygens (including phenoxy) is 1. The normalized spacial score (nSPS) is 12.5. The Morgan fingerprint density at radius 1 is 1.31 bits per heavy atom. The highest BCUT2D eigenvalue weighted by Crippen LogP contribution is 2.42. The van der Waals surface area contributed by atoms with Gasteiger partial charge in [0.25, 0.3) is 0 Å². The van der Waals surface area contributed by atoms with Gasteiger partial charge in [-0.25, -0.2) is 4.79 Å². The van der Waals surface area contributed by atoms with Crippen LogP contribution in [0, 0.1) is 5.41 Å². The lowest BCUT2D eigenvalue weighted by Crippen LogP contribution is -2.34. The Morgan fingerprint density at radius 2 is 1.93 bits per heavy atom. The minimum Gasteiger partial charge on any atom is -0.476 e. The highest BCUT2D eigenvalue weighted by molar-refractivity contribution is 6.35. The topological polar surface area (TPSA) is 64.4 Å². The highest BCUT2D eigenvalue weighted by atomic mass is 35.5. The van der Waals surface area contributed by atoms with Gasteiger partial charge in [0.05, 0.1) is 11.1 Å². The molecule has 0 unspecified atom stereocenters. The van der Waals surface area contributed by atoms with Gasteiger partial charge in [-0.05, 0) is 31.0 Å². The standard InChI is InChI=1S/C18H18ClF5N2O3/c1-4-26-14(12(19)13(25-26)15(27)28)10-6-5-9(7-11(10)29-16(20)21)8-17(2,3)18(22,23)24/h5-7,16H,4,8H2,1-3H3,(H,27,28). The molecule has 0 amide bonds. The number of benzene rings is 1. The second-order valence-corrected chi connectivity index (χ2v) is 7.28. The van der Waals surface area contributed by atoms with Crippen molar-refractivity contribution in [1.82, 2.24) is 9.78 Å². The molecule has 5 nitrogen and oxygen atoms in total. The van der Waals surface area contributed by atoms with Gasteiger partial charge in [-0.1, -0.05) is 31.5 Å². The van der Waals surface area contributed by atoms with E-state index in [9.17, 15) is 31.9 Å². The SMILES string of the molecule is CCn1nc(C(=O)O)c(Cl)c1-c1ccc(CC(C)(C)C(F)(F)F)cc1OC(F)F. The fourth-order valence-corrected chi connectivity index (χ4v) is 3.06. The number of alkyl halides is 5. The van der Waals surface area contributed by atoms with E-state index in [1.165, 1.54) is 16.8 Å². The summed E-state index contributed by atoms with van der Waals surface area (Å²) in [5, 5.41) is 12.7. The van der Waals surface area contributed by atoms with Crippen LogP contribution in [-0.2, 0) is 13.0 Å². The van der Waals surface area contributed by atoms with Gasteiger partial charge in [0.1, 0.15) is 10.8 Å². The summed E-state index contributed by atoms with van der Waals surface area (Å²) < 4.78 is 71.1. The smallest absolute Gasteiger partial charge is 0.394 e. The lowest BCUT2D eigenvalue weighted by atomic mass is 9.84. The van der Waals surface area contributed by atoms with Crippen LogP contribution in [0.3, 0.4) is 0 Å². The van der Waals surface area contributed by atoms with Gasteiger partial charge in [0.2, 0.25) is 0 Å². The first-order valence-electron chi connectivity index (χ1n) is 8.43. The molecule has 0 radical (unpaired) electrons. The summed E-state index contributed by atoms with van der Waals surface area (Å²) in [5.74, 6) is -1.84. The van der Waals surface area contributed by atoms with E-state index in [1.807, 2.05) is 0 Å². The number of aromatic nitrogens is 2. The van der Waals surface area contributed by atoms with Crippen molar-refractivity contribution >= 4 is 17.6 Å². The molecule has 0 saturated heterocycles. The Morgan fingerprint density at radius 3 is 2.41 bits per heavy atom. The monoisotopic (exact) mass is 440 g/mol. The van der Waals surface area contributed by atoms with Crippen molar-refractivity contribution in [2.75, 3.05) is 0 Å². The second-order valence-electron chi connectivity index (χ2n) is 6.90. The quantitative estimate of drug-likeness (QED) is 0.565. The minimum absolute atomic E-state index is 0.00860. The van der Waals surface area contributed by atoms with Crippen LogP contribution in [0.15, 0.2) is 18.2 Å². The summed E-state index contributed by atoms with van der Waals surface area (Å²) in [6, 6.07) is 3.66. The molecule has 160 valence electrons. The summed E-state index contributed by atoms with van der Waals surface area (Å²) in [6.07, 6.45) is -4.98. The summed E-state index contributed by atoms with van der Waals surface area (Å²) >= 11 is 6.10. The van der Waals surface area contributed by atoms with Gasteiger partial charge in [-0.2, -0.15) is 27.1 Å². The maximum Gasteiger partial charge on any atom is 0.394 e. The fourth-order valence-electron chi connectivity index (χ4n) is 2.74. The van der Waals surface area contributed by atoms with E-state index in [-0.39, 0.29) is 28.4 Å². The molecule has 0 aliphatic rings. The number of hydrogen-bond acceptors (Lipinski definition) is 3. The van der Waals surface area contributed by atoms with Crippen molar-refractivity contribution in [2.45, 2.75) is 46.5 Å². The van der Waals surface area contributed by atoms with Crippen LogP contribution in [-0.4, -0.2) is 33.6 Å². The average Bonchev–Trinajstić information content (AvgIpc) is 2.90. The van der Waals surface area contributed by atoms with Gasteiger partial charge < -0.3 is 9.84 Å². The Hall–Kier alpha value is -2.36. The third-order valence-corrected chi connectivity index (χ3v) is 4.69. The molecule has 11 heteroatoms. The molecule has 29 heavy (non-hydrogen) atoms. The van der Waals surface area contributed by atoms with E-state index < -0.39 is 42.0 Å². The highest BCUT2D eigenvalue weighted by Gasteiger charge is 2.47. The van der Waals surface area contributed by atoms with Crippen molar-refractivity contribution in [1.29, 1.82) is 0 Å². The van der Waals surface area contributed by atoms with Crippen molar-refractivity contribution < 1.29 is 36.6 Å². The number of aromatic carboxylic acids is 1. The first kappa shape index (κ1) is 22.9. The number of carboxylic acid groups (broad SMARTS) is 1. The van der Waals surface area contributed by atoms with Crippen LogP contribution < -0.4 is 4.74 Å². The van der Waals surface area contributed by atoms with E-state index in [2.05, 4.69) is 9.84 Å². The summed E-state index contributed by atoms with van der Waals surface area (Å²) in [7, 11) is 0. The van der Waals surface area contributed by atoms with Crippen LogP contribution in [0.4, 0.5) is 22.0 Å². The molecule has 2 rings (SSSR count). The fraction of sp³-hybridized carbons (Fsp3) is 0.444. The number of carbonyl (C=O) groups is 1. The van der Waals surface area contributed by atoms with Crippen molar-refractivity contribution in [3.05, 3.63) is 34.5 Å². The molecule has 2 aromatic rings. The van der Waals surface area contributed by atoms with E-state index in [0.29, 0.717) is 0 Å². The largest absolute Gasteiger partial charge is 0.476 e. The zero-order valence-corrected chi connectivity index (χ0v) is 16.4. The van der Waals surface area contributed by atoms with Gasteiger partial charge >= 0.3 is 18.8 Å². The third-order valence-electron chi connectivity index (χ3n) is 4.33. The van der Waals surface area contributed by atoms with Crippen LogP contribution in [0.25, 0.3) is 11.3 Å². The molecular weight excluding hydrogens is 423 g/mol. The van der Waals surface area contributed by atoms with E-state index in [4.69, 9.17) is 11.6 Å². The molecule has 0 bridgehead atoms. The van der Waals surface area contributed by atoms with Crippen LogP contribution in [0.1, 0.15) is 36.8 Å². The Balaban J connectivity index is 2.61. The minimum atomic E-state index is -4.50. The predicted octanol–water partition coefficient (Wildman–Crippen LogP) is 5.65. The maximum atomic E-state index is 13.2. The molecule has 0 atom stereocenters. The lowest BCUT2D eigenvalue weighted by molar-refractivity contribution is -0.211. The number of halogens is 6. The average molecular weight is 441 g/mol. The maximum absolute atomic E-state index is 13.2. The number of hydrogen-bond donors (Lipinski definition) is 1. The number of rotatable bonds is 7. The summed E-state index contributed by atoms with van der Waals surface area (Å²) in [4.78, 5) is 11.3. The molecule has 1 heterocycles. The zero-order chi connectivity index (χ0) is 22.1. The number of nitrogens with zero attached hydrogens (tertiary/aromatic N) is 2. The van der Waals surface area contributed by atoms with E-state index in [1.54, 1.807) is 6.92 Å². The van der Waals surface area contributed by atoms with Crippen LogP contribution >= 0.6 is 11.6 Å². The molecule has 0 aliphatic heterocycles. The molecule has 0 saturated carbocycles. The molecular formula is C18H18ClF5N2O3. The Bertz CT molecular complexity index is 910. The molecule has 0 fully saturated rings. The van der Waals surface area contributed by atoms with Gasteiger partial charge in [-0.15, -0.1) is 0 Å². The molecule has 1 N–H and O–H groups in total. The Labute approximate surface area is 168 Å².